The van der Waals surface area contributed by atoms with Gasteiger partial charge in [-0.3, -0.25) is 4.79 Å². The van der Waals surface area contributed by atoms with Gasteiger partial charge in [0.15, 0.2) is 0 Å². The largest absolute Gasteiger partial charge is 0.465 e. The lowest BCUT2D eigenvalue weighted by atomic mass is 10.1. The fraction of sp³-hybridized carbons (Fsp3) is 0.385. The summed E-state index contributed by atoms with van der Waals surface area (Å²) in [5.74, 6) is 0. The Morgan fingerprint density at radius 1 is 1.56 bits per heavy atom. The highest BCUT2D eigenvalue weighted by Gasteiger charge is 2.32. The Morgan fingerprint density at radius 2 is 2.22 bits per heavy atom. The van der Waals surface area contributed by atoms with Crippen molar-refractivity contribution in [3.63, 3.8) is 0 Å². The standard InChI is InChI=1S/C13H14BrNO3/c1-8-10(7-16)4-9(5-12(8)14)6-15(13(17)18)11-2-3-11/h4-5,7,11H,2-3,6H2,1H3,(H,17,18). The highest BCUT2D eigenvalue weighted by Crippen LogP contribution is 2.29. The average Bonchev–Trinajstić information content (AvgIpc) is 3.13. The summed E-state index contributed by atoms with van der Waals surface area (Å²) in [6.07, 6.45) is 1.76. The van der Waals surface area contributed by atoms with E-state index < -0.39 is 6.09 Å². The summed E-state index contributed by atoms with van der Waals surface area (Å²) in [6.45, 7) is 2.19. The van der Waals surface area contributed by atoms with Crippen LogP contribution in [-0.4, -0.2) is 28.4 Å². The summed E-state index contributed by atoms with van der Waals surface area (Å²) in [6, 6.07) is 3.77. The number of rotatable bonds is 4. The summed E-state index contributed by atoms with van der Waals surface area (Å²) in [4.78, 5) is 23.5. The zero-order chi connectivity index (χ0) is 13.3. The highest BCUT2D eigenvalue weighted by atomic mass is 79.9. The maximum atomic E-state index is 11.1. The Kier molecular flexibility index (Phi) is 3.71. The van der Waals surface area contributed by atoms with Gasteiger partial charge < -0.3 is 10.0 Å². The van der Waals surface area contributed by atoms with Crippen molar-refractivity contribution in [2.24, 2.45) is 0 Å². The van der Waals surface area contributed by atoms with E-state index in [9.17, 15) is 9.59 Å². The van der Waals surface area contributed by atoms with Crippen LogP contribution >= 0.6 is 15.9 Å². The van der Waals surface area contributed by atoms with Crippen molar-refractivity contribution < 1.29 is 14.7 Å². The van der Waals surface area contributed by atoms with Crippen LogP contribution in [0.2, 0.25) is 0 Å². The Labute approximate surface area is 114 Å². The third kappa shape index (κ3) is 2.72. The monoisotopic (exact) mass is 311 g/mol. The number of nitrogens with zero attached hydrogens (tertiary/aromatic N) is 1. The normalized spacial score (nSPS) is 14.3. The van der Waals surface area contributed by atoms with Gasteiger partial charge in [0.25, 0.3) is 0 Å². The van der Waals surface area contributed by atoms with Gasteiger partial charge >= 0.3 is 6.09 Å². The van der Waals surface area contributed by atoms with Crippen LogP contribution in [-0.2, 0) is 6.54 Å². The van der Waals surface area contributed by atoms with Crippen molar-refractivity contribution in [1.29, 1.82) is 0 Å². The number of hydrogen-bond donors (Lipinski definition) is 1. The van der Waals surface area contributed by atoms with Crippen LogP contribution in [0.5, 0.6) is 0 Å². The molecule has 1 aromatic rings. The Balaban J connectivity index is 2.25. The van der Waals surface area contributed by atoms with E-state index in [1.807, 2.05) is 13.0 Å². The van der Waals surface area contributed by atoms with Crippen LogP contribution in [0.3, 0.4) is 0 Å². The third-order valence-corrected chi connectivity index (χ3v) is 3.98. The van der Waals surface area contributed by atoms with Crippen molar-refractivity contribution in [2.75, 3.05) is 0 Å². The van der Waals surface area contributed by atoms with Crippen LogP contribution < -0.4 is 0 Å². The maximum Gasteiger partial charge on any atom is 0.407 e. The summed E-state index contributed by atoms with van der Waals surface area (Å²) in [5, 5.41) is 9.14. The molecule has 0 unspecified atom stereocenters. The van der Waals surface area contributed by atoms with Crippen LogP contribution in [0.15, 0.2) is 16.6 Å². The number of halogens is 1. The molecule has 1 aliphatic rings. The van der Waals surface area contributed by atoms with E-state index in [-0.39, 0.29) is 6.04 Å². The first kappa shape index (κ1) is 13.1. The molecule has 96 valence electrons. The van der Waals surface area contributed by atoms with Gasteiger partial charge in [-0.05, 0) is 43.0 Å². The first-order valence-corrected chi connectivity index (χ1v) is 6.56. The zero-order valence-corrected chi connectivity index (χ0v) is 11.6. The number of carbonyl (C=O) groups excluding carboxylic acids is 1. The first-order chi connectivity index (χ1) is 8.52. The molecule has 4 nitrogen and oxygen atoms in total. The molecule has 18 heavy (non-hydrogen) atoms. The van der Waals surface area contributed by atoms with Crippen LogP contribution in [0, 0.1) is 6.92 Å². The molecule has 0 aliphatic heterocycles. The number of amides is 1. The van der Waals surface area contributed by atoms with E-state index in [1.54, 1.807) is 6.07 Å². The molecule has 1 aromatic carbocycles. The number of hydrogen-bond acceptors (Lipinski definition) is 2. The van der Waals surface area contributed by atoms with Gasteiger partial charge in [0.05, 0.1) is 0 Å². The second-order valence-electron chi connectivity index (χ2n) is 4.55. The predicted octanol–water partition coefficient (Wildman–Crippen LogP) is 3.21. The van der Waals surface area contributed by atoms with Gasteiger partial charge in [-0.2, -0.15) is 0 Å². The van der Waals surface area contributed by atoms with Crippen LogP contribution in [0.1, 0.15) is 34.3 Å². The molecule has 1 saturated carbocycles. The van der Waals surface area contributed by atoms with Gasteiger partial charge in [0, 0.05) is 22.6 Å². The van der Waals surface area contributed by atoms with E-state index in [2.05, 4.69) is 15.9 Å². The van der Waals surface area contributed by atoms with Gasteiger partial charge in [0.1, 0.15) is 6.29 Å². The van der Waals surface area contributed by atoms with Crippen molar-refractivity contribution >= 4 is 28.3 Å². The van der Waals surface area contributed by atoms with E-state index in [4.69, 9.17) is 5.11 Å². The quantitative estimate of drug-likeness (QED) is 0.869. The third-order valence-electron chi connectivity index (χ3n) is 3.16. The lowest BCUT2D eigenvalue weighted by Gasteiger charge is -2.19. The molecule has 0 aromatic heterocycles. The van der Waals surface area contributed by atoms with Gasteiger partial charge in [0.2, 0.25) is 0 Å². The van der Waals surface area contributed by atoms with E-state index in [0.717, 1.165) is 34.7 Å². The van der Waals surface area contributed by atoms with Gasteiger partial charge in [-0.1, -0.05) is 15.9 Å². The topological polar surface area (TPSA) is 57.6 Å². The van der Waals surface area contributed by atoms with E-state index in [0.29, 0.717) is 12.1 Å². The first-order valence-electron chi connectivity index (χ1n) is 5.76. The van der Waals surface area contributed by atoms with Crippen LogP contribution in [0.25, 0.3) is 0 Å². The fourth-order valence-corrected chi connectivity index (χ4v) is 2.43. The molecular weight excluding hydrogens is 298 g/mol. The second-order valence-corrected chi connectivity index (χ2v) is 5.41. The average molecular weight is 312 g/mol. The van der Waals surface area contributed by atoms with Crippen molar-refractivity contribution in [1.82, 2.24) is 4.90 Å². The molecule has 0 heterocycles. The van der Waals surface area contributed by atoms with Crippen LogP contribution in [0.4, 0.5) is 4.79 Å². The summed E-state index contributed by atoms with van der Waals surface area (Å²) in [5.41, 5.74) is 2.31. The minimum atomic E-state index is -0.901. The molecular formula is C13H14BrNO3. The van der Waals surface area contributed by atoms with E-state index >= 15 is 0 Å². The van der Waals surface area contributed by atoms with Crippen molar-refractivity contribution in [3.8, 4) is 0 Å². The number of carbonyl (C=O) groups is 2. The molecule has 0 bridgehead atoms. The number of benzene rings is 1. The molecule has 0 spiro atoms. The SMILES string of the molecule is Cc1c(Br)cc(CN(C(=O)O)C2CC2)cc1C=O. The van der Waals surface area contributed by atoms with E-state index in [1.165, 1.54) is 4.90 Å². The second kappa shape index (κ2) is 5.10. The fourth-order valence-electron chi connectivity index (χ4n) is 1.91. The summed E-state index contributed by atoms with van der Waals surface area (Å²) < 4.78 is 0.836. The summed E-state index contributed by atoms with van der Waals surface area (Å²) in [7, 11) is 0. The van der Waals surface area contributed by atoms with Gasteiger partial charge in [-0.25, -0.2) is 4.79 Å². The lowest BCUT2D eigenvalue weighted by Crippen LogP contribution is -2.31. The Hall–Kier alpha value is -1.36. The molecule has 0 saturated heterocycles. The van der Waals surface area contributed by atoms with Crippen molar-refractivity contribution in [3.05, 3.63) is 33.3 Å². The van der Waals surface area contributed by atoms with Crippen molar-refractivity contribution in [2.45, 2.75) is 32.4 Å². The smallest absolute Gasteiger partial charge is 0.407 e. The molecule has 0 atom stereocenters. The molecule has 2 rings (SSSR count). The minimum Gasteiger partial charge on any atom is -0.465 e. The summed E-state index contributed by atoms with van der Waals surface area (Å²) >= 11 is 3.39. The number of carboxylic acid groups (broad SMARTS) is 1. The lowest BCUT2D eigenvalue weighted by molar-refractivity contribution is 0.112. The predicted molar refractivity (Wildman–Crippen MR) is 70.9 cm³/mol. The maximum absolute atomic E-state index is 11.1. The number of aldehydes is 1. The molecule has 0 radical (unpaired) electrons. The molecule has 1 N–H and O–H groups in total. The Bertz CT molecular complexity index is 497. The minimum absolute atomic E-state index is 0.141. The molecule has 1 aliphatic carbocycles. The highest BCUT2D eigenvalue weighted by molar-refractivity contribution is 9.10. The zero-order valence-electron chi connectivity index (χ0n) is 10.0. The van der Waals surface area contributed by atoms with Gasteiger partial charge in [-0.15, -0.1) is 0 Å². The molecule has 5 heteroatoms. The molecule has 1 amide bonds. The Morgan fingerprint density at radius 3 is 2.72 bits per heavy atom. The molecule has 1 fully saturated rings.